The third-order valence-corrected chi connectivity index (χ3v) is 2.05. The van der Waals surface area contributed by atoms with Crippen molar-refractivity contribution in [2.45, 2.75) is 45.1 Å². The number of hydrogen-bond acceptors (Lipinski definition) is 3. The van der Waals surface area contributed by atoms with Crippen LogP contribution < -0.4 is 5.32 Å². The van der Waals surface area contributed by atoms with Crippen molar-refractivity contribution in [3.8, 4) is 0 Å². The molecule has 0 saturated carbocycles. The Bertz CT molecular complexity index is 236. The fraction of sp³-hybridized carbons (Fsp3) is 0.900. The second kappa shape index (κ2) is 7.47. The number of esters is 1. The summed E-state index contributed by atoms with van der Waals surface area (Å²) in [5.41, 5.74) is 0. The molecule has 0 aromatic heterocycles. The van der Waals surface area contributed by atoms with E-state index in [1.54, 1.807) is 13.8 Å². The molecule has 1 unspecified atom stereocenters. The maximum atomic E-state index is 12.6. The summed E-state index contributed by atoms with van der Waals surface area (Å²) in [4.78, 5) is 11.3. The predicted molar refractivity (Wildman–Crippen MR) is 54.3 cm³/mol. The Balaban J connectivity index is 4.31. The Morgan fingerprint density at radius 1 is 1.35 bits per heavy atom. The van der Waals surface area contributed by atoms with Crippen molar-refractivity contribution in [1.82, 2.24) is 5.32 Å². The largest absolute Gasteiger partial charge is 0.465 e. The van der Waals surface area contributed by atoms with Crippen molar-refractivity contribution in [2.24, 2.45) is 0 Å². The van der Waals surface area contributed by atoms with Crippen LogP contribution in [0.5, 0.6) is 0 Å². The summed E-state index contributed by atoms with van der Waals surface area (Å²) in [7, 11) is 0. The normalized spacial score (nSPS) is 13.8. The molecule has 0 aliphatic heterocycles. The number of carbonyl (C=O) groups is 1. The molecule has 7 heteroatoms. The molecule has 1 atom stereocenters. The quantitative estimate of drug-likeness (QED) is 0.536. The molecule has 0 rings (SSSR count). The third kappa shape index (κ3) is 5.86. The van der Waals surface area contributed by atoms with Gasteiger partial charge in [0.25, 0.3) is 0 Å². The predicted octanol–water partition coefficient (Wildman–Crippen LogP) is 2.21. The number of hydrogen-bond donors (Lipinski definition) is 1. The topological polar surface area (TPSA) is 38.3 Å². The number of alkyl halides is 4. The van der Waals surface area contributed by atoms with Gasteiger partial charge in [0.2, 0.25) is 0 Å². The first-order valence-electron chi connectivity index (χ1n) is 5.41. The van der Waals surface area contributed by atoms with E-state index in [9.17, 15) is 22.4 Å². The number of nitrogens with one attached hydrogen (secondary N) is 1. The maximum absolute atomic E-state index is 12.6. The first kappa shape index (κ1) is 16.1. The second-order valence-electron chi connectivity index (χ2n) is 3.54. The molecule has 0 saturated heterocycles. The van der Waals surface area contributed by atoms with Gasteiger partial charge >= 0.3 is 18.3 Å². The van der Waals surface area contributed by atoms with E-state index in [0.717, 1.165) is 0 Å². The highest BCUT2D eigenvalue weighted by atomic mass is 19.3. The Kier molecular flexibility index (Phi) is 7.10. The SMILES string of the molecule is CCCC(NCC(F)(F)C(F)F)C(=O)OCC. The number of halogens is 4. The monoisotopic (exact) mass is 259 g/mol. The molecular weight excluding hydrogens is 242 g/mol. The van der Waals surface area contributed by atoms with Crippen LogP contribution in [0.2, 0.25) is 0 Å². The number of carbonyl (C=O) groups excluding carboxylic acids is 1. The molecule has 0 amide bonds. The van der Waals surface area contributed by atoms with Gasteiger partial charge in [-0.05, 0) is 13.3 Å². The van der Waals surface area contributed by atoms with Gasteiger partial charge in [0.1, 0.15) is 6.04 Å². The highest BCUT2D eigenvalue weighted by molar-refractivity contribution is 5.75. The second-order valence-corrected chi connectivity index (χ2v) is 3.54. The van der Waals surface area contributed by atoms with Gasteiger partial charge in [-0.25, -0.2) is 8.78 Å². The third-order valence-electron chi connectivity index (χ3n) is 2.05. The Morgan fingerprint density at radius 3 is 2.35 bits per heavy atom. The molecule has 0 aromatic rings. The molecule has 17 heavy (non-hydrogen) atoms. The molecule has 0 aliphatic rings. The van der Waals surface area contributed by atoms with Crippen LogP contribution in [-0.2, 0) is 9.53 Å². The van der Waals surface area contributed by atoms with E-state index >= 15 is 0 Å². The summed E-state index contributed by atoms with van der Waals surface area (Å²) in [6, 6.07) is -0.968. The summed E-state index contributed by atoms with van der Waals surface area (Å²) >= 11 is 0. The summed E-state index contributed by atoms with van der Waals surface area (Å²) in [5.74, 6) is -4.84. The van der Waals surface area contributed by atoms with Crippen LogP contribution in [0.15, 0.2) is 0 Å². The van der Waals surface area contributed by atoms with Gasteiger partial charge in [-0.15, -0.1) is 0 Å². The Hall–Kier alpha value is -0.850. The lowest BCUT2D eigenvalue weighted by molar-refractivity contribution is -0.148. The molecule has 3 nitrogen and oxygen atoms in total. The van der Waals surface area contributed by atoms with Crippen molar-refractivity contribution in [3.05, 3.63) is 0 Å². The van der Waals surface area contributed by atoms with Crippen molar-refractivity contribution < 1.29 is 27.1 Å². The molecule has 0 spiro atoms. The molecule has 0 fully saturated rings. The van der Waals surface area contributed by atoms with E-state index in [0.29, 0.717) is 6.42 Å². The highest BCUT2D eigenvalue weighted by Gasteiger charge is 2.41. The van der Waals surface area contributed by atoms with Gasteiger partial charge < -0.3 is 4.74 Å². The summed E-state index contributed by atoms with van der Waals surface area (Å²) in [5, 5.41) is 2.12. The molecule has 1 N–H and O–H groups in total. The van der Waals surface area contributed by atoms with Crippen molar-refractivity contribution in [2.75, 3.05) is 13.2 Å². The van der Waals surface area contributed by atoms with E-state index in [2.05, 4.69) is 10.1 Å². The minimum Gasteiger partial charge on any atom is -0.465 e. The lowest BCUT2D eigenvalue weighted by atomic mass is 10.1. The fourth-order valence-corrected chi connectivity index (χ4v) is 1.17. The number of ether oxygens (including phenoxy) is 1. The molecule has 0 heterocycles. The molecule has 0 aliphatic carbocycles. The maximum Gasteiger partial charge on any atom is 0.323 e. The summed E-state index contributed by atoms with van der Waals surface area (Å²) in [6.07, 6.45) is -2.94. The van der Waals surface area contributed by atoms with Crippen molar-refractivity contribution in [3.63, 3.8) is 0 Å². The first-order chi connectivity index (χ1) is 7.85. The van der Waals surface area contributed by atoms with Crippen molar-refractivity contribution >= 4 is 5.97 Å². The molecule has 102 valence electrons. The van der Waals surface area contributed by atoms with Crippen LogP contribution in [0.25, 0.3) is 0 Å². The van der Waals surface area contributed by atoms with Crippen LogP contribution in [0.1, 0.15) is 26.7 Å². The van der Waals surface area contributed by atoms with Gasteiger partial charge in [0.05, 0.1) is 13.2 Å². The van der Waals surface area contributed by atoms with Crippen molar-refractivity contribution in [1.29, 1.82) is 0 Å². The molecular formula is C10H17F4NO2. The fourth-order valence-electron chi connectivity index (χ4n) is 1.17. The zero-order valence-corrected chi connectivity index (χ0v) is 9.81. The Labute approximate surface area is 97.5 Å². The van der Waals surface area contributed by atoms with E-state index in [4.69, 9.17) is 0 Å². The lowest BCUT2D eigenvalue weighted by Gasteiger charge is -2.21. The van der Waals surface area contributed by atoms with Crippen LogP contribution in [0, 0.1) is 0 Å². The van der Waals surface area contributed by atoms with Gasteiger partial charge in [-0.1, -0.05) is 13.3 Å². The van der Waals surface area contributed by atoms with E-state index in [1.165, 1.54) is 0 Å². The zero-order chi connectivity index (χ0) is 13.5. The van der Waals surface area contributed by atoms with Gasteiger partial charge in [0.15, 0.2) is 0 Å². The lowest BCUT2D eigenvalue weighted by Crippen LogP contribution is -2.46. The minimum atomic E-state index is -4.14. The zero-order valence-electron chi connectivity index (χ0n) is 9.81. The summed E-state index contributed by atoms with van der Waals surface area (Å²) < 4.78 is 53.7. The Morgan fingerprint density at radius 2 is 1.94 bits per heavy atom. The van der Waals surface area contributed by atoms with Crippen LogP contribution >= 0.6 is 0 Å². The van der Waals surface area contributed by atoms with E-state index in [-0.39, 0.29) is 13.0 Å². The van der Waals surface area contributed by atoms with Crippen LogP contribution in [0.4, 0.5) is 17.6 Å². The molecule has 0 radical (unpaired) electrons. The smallest absolute Gasteiger partial charge is 0.323 e. The average Bonchev–Trinajstić information content (AvgIpc) is 2.24. The molecule has 0 aromatic carbocycles. The minimum absolute atomic E-state index is 0.117. The first-order valence-corrected chi connectivity index (χ1v) is 5.41. The highest BCUT2D eigenvalue weighted by Crippen LogP contribution is 2.21. The van der Waals surface area contributed by atoms with E-state index in [1.807, 2.05) is 0 Å². The van der Waals surface area contributed by atoms with Gasteiger partial charge in [-0.2, -0.15) is 8.78 Å². The van der Waals surface area contributed by atoms with Crippen LogP contribution in [0.3, 0.4) is 0 Å². The number of rotatable bonds is 8. The summed E-state index contributed by atoms with van der Waals surface area (Å²) in [6.45, 7) is 2.20. The van der Waals surface area contributed by atoms with Gasteiger partial charge in [0, 0.05) is 0 Å². The van der Waals surface area contributed by atoms with E-state index < -0.39 is 30.9 Å². The average molecular weight is 259 g/mol. The van der Waals surface area contributed by atoms with Gasteiger partial charge in [-0.3, -0.25) is 10.1 Å². The standard InChI is InChI=1S/C10H17F4NO2/c1-3-5-7(8(16)17-4-2)15-6-10(13,14)9(11)12/h7,9,15H,3-6H2,1-2H3. The molecule has 0 bridgehead atoms. The van der Waals surface area contributed by atoms with Crippen LogP contribution in [-0.4, -0.2) is 37.5 Å².